The lowest BCUT2D eigenvalue weighted by Crippen LogP contribution is -2.63. The van der Waals surface area contributed by atoms with E-state index < -0.39 is 66.8 Å². The van der Waals surface area contributed by atoms with Crippen molar-refractivity contribution in [3.8, 4) is 11.3 Å². The maximum atomic E-state index is 14.3. The highest BCUT2D eigenvalue weighted by molar-refractivity contribution is 9.10. The van der Waals surface area contributed by atoms with E-state index in [1.807, 2.05) is 13.0 Å². The number of aliphatic hydroxyl groups excluding tert-OH is 3. The second-order valence-electron chi connectivity index (χ2n) is 10.5. The third-order valence-electron chi connectivity index (χ3n) is 7.67. The number of nitrogens with zero attached hydrogens (tertiary/aromatic N) is 4. The van der Waals surface area contributed by atoms with Gasteiger partial charge in [-0.2, -0.15) is 0 Å². The van der Waals surface area contributed by atoms with Crippen LogP contribution in [0.2, 0.25) is 0 Å². The molecule has 7 atom stereocenters. The highest BCUT2D eigenvalue weighted by Gasteiger charge is 2.52. The molecule has 2 fully saturated rings. The molecule has 0 spiro atoms. The van der Waals surface area contributed by atoms with E-state index in [4.69, 9.17) is 14.2 Å². The van der Waals surface area contributed by atoms with Crippen LogP contribution in [-0.4, -0.2) is 99.7 Å². The fraction of sp³-hybridized carbons (Fsp3) is 0.464. The number of halogens is 3. The predicted octanol–water partition coefficient (Wildman–Crippen LogP) is 2.07. The van der Waals surface area contributed by atoms with Gasteiger partial charge in [0.25, 0.3) is 5.91 Å². The molecule has 2 aliphatic heterocycles. The molecule has 2 aromatic carbocycles. The molecular weight excluding hydrogens is 622 g/mol. The molecule has 3 aromatic rings. The Morgan fingerprint density at radius 3 is 2.48 bits per heavy atom. The van der Waals surface area contributed by atoms with E-state index in [2.05, 4.69) is 26.2 Å². The molecule has 0 unspecified atom stereocenters. The Hall–Kier alpha value is -2.85. The van der Waals surface area contributed by atoms with Crippen LogP contribution in [0.4, 0.5) is 14.5 Å². The Bertz CT molecular complexity index is 1420. The minimum absolute atomic E-state index is 0.0310. The smallest absolute Gasteiger partial charge is 0.259 e. The van der Waals surface area contributed by atoms with Crippen LogP contribution in [0.25, 0.3) is 11.3 Å². The number of anilines is 1. The zero-order chi connectivity index (χ0) is 30.3. The number of carbonyl (C=O) groups excluding carboxylic acids is 1. The van der Waals surface area contributed by atoms with Crippen molar-refractivity contribution in [3.05, 3.63) is 63.8 Å². The van der Waals surface area contributed by atoms with E-state index in [-0.39, 0.29) is 30.0 Å². The molecule has 0 radical (unpaired) electrons. The zero-order valence-electron chi connectivity index (χ0n) is 23.0. The fourth-order valence-corrected chi connectivity index (χ4v) is 6.06. The molecule has 0 bridgehead atoms. The predicted molar refractivity (Wildman–Crippen MR) is 149 cm³/mol. The fourth-order valence-electron chi connectivity index (χ4n) is 5.46. The Morgan fingerprint density at radius 2 is 1.88 bits per heavy atom. The number of carbonyl (C=O) groups is 1. The number of aliphatic hydroxyl groups is 3. The lowest BCUT2D eigenvalue weighted by atomic mass is 9.91. The Kier molecular flexibility index (Phi) is 9.04. The molecule has 11 nitrogen and oxygen atoms in total. The summed E-state index contributed by atoms with van der Waals surface area (Å²) in [6.07, 6.45) is -4.79. The van der Waals surface area contributed by atoms with Crippen LogP contribution in [0.15, 0.2) is 41.0 Å². The number of aryl methyl sites for hydroxylation is 1. The second-order valence-corrected chi connectivity index (χ2v) is 11.4. The zero-order valence-corrected chi connectivity index (χ0v) is 24.6. The van der Waals surface area contributed by atoms with Crippen LogP contribution in [0.3, 0.4) is 0 Å². The number of rotatable bonds is 7. The van der Waals surface area contributed by atoms with Crippen LogP contribution in [0, 0.1) is 25.5 Å². The highest BCUT2D eigenvalue weighted by Crippen LogP contribution is 2.36. The summed E-state index contributed by atoms with van der Waals surface area (Å²) < 4.78 is 47.6. The summed E-state index contributed by atoms with van der Waals surface area (Å²) >= 11 is 3.46. The van der Waals surface area contributed by atoms with Crippen LogP contribution < -0.4 is 4.90 Å². The van der Waals surface area contributed by atoms with Crippen molar-refractivity contribution in [2.45, 2.75) is 56.5 Å². The molecule has 2 saturated heterocycles. The molecule has 2 aliphatic rings. The summed E-state index contributed by atoms with van der Waals surface area (Å²) in [7, 11) is 1.33. The SMILES string of the molecule is CO[C@@H]1[C@@H](n2cc(-c3cc(F)c(C)c(F)c3)nn2)[C@@H](O)[C@@H](CO)O[C@H]1C(=O)N(c1cc(C)cc(Br)c1)[C@@H]1COC[C@H]1O. The van der Waals surface area contributed by atoms with Crippen molar-refractivity contribution in [3.63, 3.8) is 0 Å². The van der Waals surface area contributed by atoms with E-state index >= 15 is 0 Å². The minimum Gasteiger partial charge on any atom is -0.394 e. The van der Waals surface area contributed by atoms with Gasteiger partial charge < -0.3 is 34.4 Å². The van der Waals surface area contributed by atoms with Crippen molar-refractivity contribution in [2.75, 3.05) is 31.8 Å². The van der Waals surface area contributed by atoms with Crippen LogP contribution in [-0.2, 0) is 19.0 Å². The Labute approximate surface area is 248 Å². The van der Waals surface area contributed by atoms with E-state index in [0.717, 1.165) is 17.7 Å². The van der Waals surface area contributed by atoms with E-state index in [9.17, 15) is 28.9 Å². The minimum atomic E-state index is -1.41. The normalized spacial score (nSPS) is 27.8. The van der Waals surface area contributed by atoms with Gasteiger partial charge in [0.15, 0.2) is 6.10 Å². The molecule has 5 rings (SSSR count). The first-order valence-electron chi connectivity index (χ1n) is 13.2. The lowest BCUT2D eigenvalue weighted by Gasteiger charge is -2.45. The molecule has 1 aromatic heterocycles. The molecule has 14 heteroatoms. The topological polar surface area (TPSA) is 139 Å². The number of amides is 1. The first-order valence-corrected chi connectivity index (χ1v) is 14.0. The number of benzene rings is 2. The molecule has 42 heavy (non-hydrogen) atoms. The van der Waals surface area contributed by atoms with Crippen LogP contribution in [0.1, 0.15) is 17.2 Å². The average Bonchev–Trinajstić information content (AvgIpc) is 3.60. The molecule has 0 saturated carbocycles. The van der Waals surface area contributed by atoms with Gasteiger partial charge in [-0.1, -0.05) is 21.1 Å². The van der Waals surface area contributed by atoms with E-state index in [1.165, 1.54) is 29.8 Å². The maximum Gasteiger partial charge on any atom is 0.259 e. The first kappa shape index (κ1) is 30.6. The monoisotopic (exact) mass is 652 g/mol. The van der Waals surface area contributed by atoms with Gasteiger partial charge in [0, 0.05) is 28.4 Å². The summed E-state index contributed by atoms with van der Waals surface area (Å²) in [4.78, 5) is 15.7. The largest absolute Gasteiger partial charge is 0.394 e. The summed E-state index contributed by atoms with van der Waals surface area (Å²) in [6, 6.07) is 5.75. The van der Waals surface area contributed by atoms with Crippen LogP contribution in [0.5, 0.6) is 0 Å². The van der Waals surface area contributed by atoms with Crippen molar-refractivity contribution in [2.24, 2.45) is 0 Å². The van der Waals surface area contributed by atoms with Crippen LogP contribution >= 0.6 is 15.9 Å². The molecule has 226 valence electrons. The summed E-state index contributed by atoms with van der Waals surface area (Å²) in [5.41, 5.74) is 1.41. The standard InChI is InChI=1S/C28H31BrF2N4O7/c1-13-4-16(29)8-17(5-13)35(21-11-41-12-22(21)37)28(39)27-26(40-3)24(25(38)23(10-36)42-27)34-9-20(32-33-34)15-6-18(30)14(2)19(31)7-15/h4-9,21-27,36-38H,10-12H2,1-3H3/t21-,22-,23-,24+,25+,26-,27-/m1/s1. The van der Waals surface area contributed by atoms with E-state index in [1.54, 1.807) is 12.1 Å². The molecule has 3 heterocycles. The summed E-state index contributed by atoms with van der Waals surface area (Å²) in [6.45, 7) is 2.63. The van der Waals surface area contributed by atoms with Gasteiger partial charge >= 0.3 is 0 Å². The number of hydrogen-bond acceptors (Lipinski definition) is 9. The van der Waals surface area contributed by atoms with Gasteiger partial charge in [-0.05, 0) is 49.7 Å². The molecule has 1 amide bonds. The van der Waals surface area contributed by atoms with Gasteiger partial charge in [-0.25, -0.2) is 13.5 Å². The van der Waals surface area contributed by atoms with Gasteiger partial charge in [-0.3, -0.25) is 4.79 Å². The van der Waals surface area contributed by atoms with Crippen molar-refractivity contribution in [1.82, 2.24) is 15.0 Å². The van der Waals surface area contributed by atoms with Crippen molar-refractivity contribution >= 4 is 27.5 Å². The lowest BCUT2D eigenvalue weighted by molar-refractivity contribution is -0.211. The second kappa shape index (κ2) is 12.4. The number of aromatic nitrogens is 3. The number of ether oxygens (including phenoxy) is 3. The average molecular weight is 653 g/mol. The number of hydrogen-bond donors (Lipinski definition) is 3. The third-order valence-corrected chi connectivity index (χ3v) is 8.13. The Balaban J connectivity index is 1.54. The molecular formula is C28H31BrF2N4O7. The van der Waals surface area contributed by atoms with E-state index in [0.29, 0.717) is 10.2 Å². The third kappa shape index (κ3) is 5.72. The van der Waals surface area contributed by atoms with Crippen molar-refractivity contribution in [1.29, 1.82) is 0 Å². The quantitative estimate of drug-likeness (QED) is 0.350. The highest BCUT2D eigenvalue weighted by atomic mass is 79.9. The van der Waals surface area contributed by atoms with Gasteiger partial charge in [-0.15, -0.1) is 5.10 Å². The summed E-state index contributed by atoms with van der Waals surface area (Å²) in [5.74, 6) is -2.12. The molecule has 0 aliphatic carbocycles. The summed E-state index contributed by atoms with van der Waals surface area (Å²) in [5, 5.41) is 40.1. The molecule has 3 N–H and O–H groups in total. The van der Waals surface area contributed by atoms with Gasteiger partial charge in [0.05, 0.1) is 32.1 Å². The number of methoxy groups -OCH3 is 1. The first-order chi connectivity index (χ1) is 20.0. The van der Waals surface area contributed by atoms with Crippen molar-refractivity contribution < 1.29 is 43.1 Å². The van der Waals surface area contributed by atoms with Gasteiger partial charge in [0.2, 0.25) is 0 Å². The Morgan fingerprint density at radius 1 is 1.17 bits per heavy atom. The maximum absolute atomic E-state index is 14.3. The van der Waals surface area contributed by atoms with Gasteiger partial charge in [0.1, 0.15) is 47.8 Å².